The SMILES string of the molecule is CC[C@@H]1O[C@@H](C)[C@@H](C)[C@H](C)[C@H]1C. The quantitative estimate of drug-likeness (QED) is 0.587. The van der Waals surface area contributed by atoms with Crippen molar-refractivity contribution in [3.05, 3.63) is 0 Å². The second-order valence-corrected chi connectivity index (χ2v) is 4.37. The molecule has 0 amide bonds. The summed E-state index contributed by atoms with van der Waals surface area (Å²) >= 11 is 0. The molecule has 0 aliphatic carbocycles. The van der Waals surface area contributed by atoms with Gasteiger partial charge in [0.05, 0.1) is 12.2 Å². The Kier molecular flexibility index (Phi) is 3.16. The molecule has 1 saturated heterocycles. The molecular formula is C11H22O. The minimum atomic E-state index is 0.446. The molecule has 12 heavy (non-hydrogen) atoms. The van der Waals surface area contributed by atoms with Gasteiger partial charge < -0.3 is 4.74 Å². The van der Waals surface area contributed by atoms with Crippen molar-refractivity contribution >= 4 is 0 Å². The largest absolute Gasteiger partial charge is 0.375 e. The van der Waals surface area contributed by atoms with Gasteiger partial charge in [-0.05, 0) is 31.1 Å². The van der Waals surface area contributed by atoms with Crippen LogP contribution in [0.5, 0.6) is 0 Å². The third kappa shape index (κ3) is 1.66. The Hall–Kier alpha value is -0.0400. The first-order valence-corrected chi connectivity index (χ1v) is 5.23. The van der Waals surface area contributed by atoms with E-state index in [1.807, 2.05) is 0 Å². The third-order valence-electron chi connectivity index (χ3n) is 3.78. The lowest BCUT2D eigenvalue weighted by atomic mass is 9.76. The van der Waals surface area contributed by atoms with E-state index in [-0.39, 0.29) is 0 Å². The van der Waals surface area contributed by atoms with Crippen LogP contribution in [-0.2, 0) is 4.74 Å². The molecule has 0 saturated carbocycles. The van der Waals surface area contributed by atoms with Crippen LogP contribution in [-0.4, -0.2) is 12.2 Å². The average Bonchev–Trinajstić information content (AvgIpc) is 2.08. The van der Waals surface area contributed by atoms with Crippen molar-refractivity contribution in [1.82, 2.24) is 0 Å². The van der Waals surface area contributed by atoms with Crippen molar-refractivity contribution in [3.8, 4) is 0 Å². The first-order chi connectivity index (χ1) is 5.57. The lowest BCUT2D eigenvalue weighted by Crippen LogP contribution is -2.42. The predicted molar refractivity (Wildman–Crippen MR) is 52.1 cm³/mol. The minimum Gasteiger partial charge on any atom is -0.375 e. The Balaban J connectivity index is 2.63. The molecule has 1 heterocycles. The van der Waals surface area contributed by atoms with Crippen molar-refractivity contribution in [1.29, 1.82) is 0 Å². The normalized spacial score (nSPS) is 49.2. The topological polar surface area (TPSA) is 9.23 Å². The van der Waals surface area contributed by atoms with Crippen LogP contribution < -0.4 is 0 Å². The van der Waals surface area contributed by atoms with E-state index in [4.69, 9.17) is 4.74 Å². The smallest absolute Gasteiger partial charge is 0.0604 e. The minimum absolute atomic E-state index is 0.446. The van der Waals surface area contributed by atoms with Crippen molar-refractivity contribution in [2.75, 3.05) is 0 Å². The van der Waals surface area contributed by atoms with Gasteiger partial charge in [-0.3, -0.25) is 0 Å². The Labute approximate surface area is 76.5 Å². The number of ether oxygens (including phenoxy) is 1. The van der Waals surface area contributed by atoms with Crippen molar-refractivity contribution in [3.63, 3.8) is 0 Å². The highest BCUT2D eigenvalue weighted by Gasteiger charge is 2.35. The zero-order valence-corrected chi connectivity index (χ0v) is 9.00. The summed E-state index contributed by atoms with van der Waals surface area (Å²) in [6.45, 7) is 11.4. The van der Waals surface area contributed by atoms with Gasteiger partial charge in [-0.15, -0.1) is 0 Å². The van der Waals surface area contributed by atoms with E-state index in [0.29, 0.717) is 18.1 Å². The molecule has 1 aliphatic rings. The zero-order valence-electron chi connectivity index (χ0n) is 9.00. The molecular weight excluding hydrogens is 148 g/mol. The molecule has 1 heteroatoms. The van der Waals surface area contributed by atoms with E-state index >= 15 is 0 Å². The van der Waals surface area contributed by atoms with Crippen molar-refractivity contribution in [2.24, 2.45) is 17.8 Å². The van der Waals surface area contributed by atoms with E-state index in [0.717, 1.165) is 18.3 Å². The predicted octanol–water partition coefficient (Wildman–Crippen LogP) is 3.09. The van der Waals surface area contributed by atoms with Crippen molar-refractivity contribution < 1.29 is 4.74 Å². The maximum atomic E-state index is 5.93. The highest BCUT2D eigenvalue weighted by atomic mass is 16.5. The molecule has 0 aromatic rings. The first-order valence-electron chi connectivity index (χ1n) is 5.23. The van der Waals surface area contributed by atoms with E-state index in [1.54, 1.807) is 0 Å². The number of rotatable bonds is 1. The molecule has 1 fully saturated rings. The zero-order chi connectivity index (χ0) is 9.30. The van der Waals surface area contributed by atoms with E-state index in [9.17, 15) is 0 Å². The lowest BCUT2D eigenvalue weighted by molar-refractivity contribution is -0.125. The van der Waals surface area contributed by atoms with Gasteiger partial charge in [0, 0.05) is 0 Å². The summed E-state index contributed by atoms with van der Waals surface area (Å²) in [7, 11) is 0. The lowest BCUT2D eigenvalue weighted by Gasteiger charge is -2.42. The van der Waals surface area contributed by atoms with Gasteiger partial charge in [0.15, 0.2) is 0 Å². The fourth-order valence-electron chi connectivity index (χ4n) is 2.24. The Morgan fingerprint density at radius 1 is 0.917 bits per heavy atom. The van der Waals surface area contributed by atoms with Crippen LogP contribution in [0, 0.1) is 17.8 Å². The Morgan fingerprint density at radius 3 is 2.00 bits per heavy atom. The van der Waals surface area contributed by atoms with Crippen LogP contribution in [0.25, 0.3) is 0 Å². The van der Waals surface area contributed by atoms with Gasteiger partial charge in [0.1, 0.15) is 0 Å². The maximum Gasteiger partial charge on any atom is 0.0604 e. The van der Waals surface area contributed by atoms with Gasteiger partial charge in [-0.2, -0.15) is 0 Å². The van der Waals surface area contributed by atoms with Gasteiger partial charge in [0.25, 0.3) is 0 Å². The highest BCUT2D eigenvalue weighted by molar-refractivity contribution is 4.83. The summed E-state index contributed by atoms with van der Waals surface area (Å²) in [6, 6.07) is 0. The molecule has 0 aromatic carbocycles. The Morgan fingerprint density at radius 2 is 1.50 bits per heavy atom. The molecule has 0 bridgehead atoms. The summed E-state index contributed by atoms with van der Waals surface area (Å²) < 4.78 is 5.93. The first kappa shape index (κ1) is 10.0. The van der Waals surface area contributed by atoms with Crippen LogP contribution >= 0.6 is 0 Å². The Bertz CT molecular complexity index is 139. The summed E-state index contributed by atoms with van der Waals surface area (Å²) in [5, 5.41) is 0. The van der Waals surface area contributed by atoms with Crippen molar-refractivity contribution in [2.45, 2.75) is 53.2 Å². The van der Waals surface area contributed by atoms with Gasteiger partial charge >= 0.3 is 0 Å². The second kappa shape index (κ2) is 3.78. The van der Waals surface area contributed by atoms with Crippen LogP contribution in [0.4, 0.5) is 0 Å². The molecule has 0 unspecified atom stereocenters. The van der Waals surface area contributed by atoms with Crippen LogP contribution in [0.2, 0.25) is 0 Å². The summed E-state index contributed by atoms with van der Waals surface area (Å²) in [6.07, 6.45) is 2.09. The average molecular weight is 170 g/mol. The molecule has 1 rings (SSSR count). The summed E-state index contributed by atoms with van der Waals surface area (Å²) in [5.41, 5.74) is 0. The van der Waals surface area contributed by atoms with Gasteiger partial charge in [-0.25, -0.2) is 0 Å². The monoisotopic (exact) mass is 170 g/mol. The van der Waals surface area contributed by atoms with Crippen LogP contribution in [0.1, 0.15) is 41.0 Å². The molecule has 0 radical (unpaired) electrons. The third-order valence-corrected chi connectivity index (χ3v) is 3.78. The molecule has 1 aliphatic heterocycles. The molecule has 5 atom stereocenters. The molecule has 0 aromatic heterocycles. The van der Waals surface area contributed by atoms with E-state index < -0.39 is 0 Å². The highest BCUT2D eigenvalue weighted by Crippen LogP contribution is 2.35. The van der Waals surface area contributed by atoms with Crippen LogP contribution in [0.3, 0.4) is 0 Å². The summed E-state index contributed by atoms with van der Waals surface area (Å²) in [5.74, 6) is 2.24. The van der Waals surface area contributed by atoms with Gasteiger partial charge in [0.2, 0.25) is 0 Å². The molecule has 0 spiro atoms. The maximum absolute atomic E-state index is 5.93. The van der Waals surface area contributed by atoms with Crippen LogP contribution in [0.15, 0.2) is 0 Å². The van der Waals surface area contributed by atoms with E-state index in [2.05, 4.69) is 34.6 Å². The fourth-order valence-corrected chi connectivity index (χ4v) is 2.24. The number of hydrogen-bond acceptors (Lipinski definition) is 1. The standard InChI is InChI=1S/C11H22O/c1-6-11-9(4)7(2)8(3)10(5)12-11/h7-11H,6H2,1-5H3/t7-,8-,9+,10-,11-/m0/s1. The molecule has 0 N–H and O–H groups in total. The fraction of sp³-hybridized carbons (Fsp3) is 1.00. The van der Waals surface area contributed by atoms with E-state index in [1.165, 1.54) is 0 Å². The number of hydrogen-bond donors (Lipinski definition) is 0. The summed E-state index contributed by atoms with van der Waals surface area (Å²) in [4.78, 5) is 0. The second-order valence-electron chi connectivity index (χ2n) is 4.37. The van der Waals surface area contributed by atoms with Gasteiger partial charge in [-0.1, -0.05) is 27.7 Å². The molecule has 72 valence electrons. The molecule has 1 nitrogen and oxygen atoms in total.